The van der Waals surface area contributed by atoms with Crippen molar-refractivity contribution in [2.75, 3.05) is 13.7 Å². The molecule has 0 aliphatic carbocycles. The molecule has 1 aliphatic rings. The minimum absolute atomic E-state index is 0.0915. The zero-order valence-corrected chi connectivity index (χ0v) is 7.00. The lowest BCUT2D eigenvalue weighted by molar-refractivity contribution is 0.124. The highest BCUT2D eigenvalue weighted by atomic mass is 15.8. The van der Waals surface area contributed by atoms with Crippen molar-refractivity contribution in [3.05, 3.63) is 0 Å². The quantitative estimate of drug-likeness (QED) is 0.510. The van der Waals surface area contributed by atoms with Gasteiger partial charge in [-0.3, -0.25) is 10.0 Å². The zero-order valence-electron chi connectivity index (χ0n) is 7.00. The van der Waals surface area contributed by atoms with Crippen molar-refractivity contribution >= 4 is 0 Å². The lowest BCUT2D eigenvalue weighted by Gasteiger charge is -2.28. The molecule has 0 amide bonds. The summed E-state index contributed by atoms with van der Waals surface area (Å²) in [5, 5.41) is 11.6. The van der Waals surface area contributed by atoms with Gasteiger partial charge in [-0.2, -0.15) is 0 Å². The Morgan fingerprint density at radius 2 is 1.80 bits per heavy atom. The van der Waals surface area contributed by atoms with Gasteiger partial charge in [-0.05, 0) is 20.8 Å². The molecule has 0 atom stereocenters. The largest absolute Gasteiger partial charge is 0.259 e. The van der Waals surface area contributed by atoms with E-state index in [1.54, 1.807) is 0 Å². The number of hydrogen-bond acceptors (Lipinski definition) is 4. The summed E-state index contributed by atoms with van der Waals surface area (Å²) in [6.45, 7) is 7.14. The Kier molecular flexibility index (Phi) is 1.54. The summed E-state index contributed by atoms with van der Waals surface area (Å²) in [5.74, 6) is 0. The minimum atomic E-state index is 0.0915. The average molecular weight is 142 g/mol. The van der Waals surface area contributed by atoms with E-state index in [0.717, 1.165) is 6.67 Å². The monoisotopic (exact) mass is 142 g/mol. The maximum atomic E-state index is 3.97. The van der Waals surface area contributed by atoms with E-state index in [4.69, 9.17) is 0 Å². The molecule has 0 aromatic heterocycles. The smallest absolute Gasteiger partial charge is 0.127 e. The summed E-state index contributed by atoms with van der Waals surface area (Å²) in [4.78, 5) is 0. The highest BCUT2D eigenvalue weighted by Crippen LogP contribution is 2.17. The third kappa shape index (κ3) is 1.37. The van der Waals surface area contributed by atoms with E-state index in [2.05, 4.69) is 31.2 Å². The van der Waals surface area contributed by atoms with Crippen molar-refractivity contribution in [3.8, 4) is 0 Å². The third-order valence-electron chi connectivity index (χ3n) is 1.41. The molecule has 1 aliphatic heterocycles. The number of rotatable bonds is 0. The summed E-state index contributed by atoms with van der Waals surface area (Å²) in [5.41, 5.74) is 0.0915. The predicted octanol–water partition coefficient (Wildman–Crippen LogP) is 1.27. The van der Waals surface area contributed by atoms with E-state index in [-0.39, 0.29) is 5.54 Å². The second-order valence-electron chi connectivity index (χ2n) is 3.55. The molecule has 0 spiro atoms. The summed E-state index contributed by atoms with van der Waals surface area (Å²) >= 11 is 0. The molecular weight excluding hydrogens is 128 g/mol. The van der Waals surface area contributed by atoms with Crippen molar-refractivity contribution < 1.29 is 0 Å². The van der Waals surface area contributed by atoms with Gasteiger partial charge in [0.1, 0.15) is 6.67 Å². The lowest BCUT2D eigenvalue weighted by Crippen LogP contribution is -2.38. The van der Waals surface area contributed by atoms with Crippen LogP contribution in [0.3, 0.4) is 0 Å². The van der Waals surface area contributed by atoms with Gasteiger partial charge in [0.15, 0.2) is 0 Å². The Balaban J connectivity index is 2.55. The molecule has 0 saturated heterocycles. The first-order valence-corrected chi connectivity index (χ1v) is 3.40. The van der Waals surface area contributed by atoms with Gasteiger partial charge < -0.3 is 0 Å². The second kappa shape index (κ2) is 2.11. The first-order valence-electron chi connectivity index (χ1n) is 3.40. The summed E-state index contributed by atoms with van der Waals surface area (Å²) in [7, 11) is 1.91. The fourth-order valence-electron chi connectivity index (χ4n) is 0.713. The van der Waals surface area contributed by atoms with Crippen LogP contribution in [0.1, 0.15) is 20.8 Å². The van der Waals surface area contributed by atoms with Crippen molar-refractivity contribution in [1.82, 2.24) is 10.0 Å². The van der Waals surface area contributed by atoms with Crippen LogP contribution >= 0.6 is 0 Å². The Bertz CT molecular complexity index is 146. The number of hydrogen-bond donors (Lipinski definition) is 0. The molecule has 0 unspecified atom stereocenters. The lowest BCUT2D eigenvalue weighted by atomic mass is 10.1. The SMILES string of the molecule is CN1CN(C(C)(C)C)N=N1. The van der Waals surface area contributed by atoms with Gasteiger partial charge in [-0.1, -0.05) is 10.4 Å². The van der Waals surface area contributed by atoms with Gasteiger partial charge in [0.25, 0.3) is 0 Å². The van der Waals surface area contributed by atoms with Crippen LogP contribution in [0.25, 0.3) is 0 Å². The van der Waals surface area contributed by atoms with E-state index < -0.39 is 0 Å². The maximum absolute atomic E-state index is 3.97. The van der Waals surface area contributed by atoms with Crippen molar-refractivity contribution in [3.63, 3.8) is 0 Å². The topological polar surface area (TPSA) is 31.2 Å². The first-order chi connectivity index (χ1) is 4.50. The van der Waals surface area contributed by atoms with Crippen LogP contribution in [0.4, 0.5) is 0 Å². The third-order valence-corrected chi connectivity index (χ3v) is 1.41. The van der Waals surface area contributed by atoms with Crippen LogP contribution < -0.4 is 0 Å². The highest BCUT2D eigenvalue weighted by Gasteiger charge is 2.24. The molecule has 0 aromatic rings. The number of nitrogens with zero attached hydrogens (tertiary/aromatic N) is 4. The summed E-state index contributed by atoms with van der Waals surface area (Å²) in [6.07, 6.45) is 0. The van der Waals surface area contributed by atoms with Gasteiger partial charge in [0.2, 0.25) is 0 Å². The van der Waals surface area contributed by atoms with Crippen molar-refractivity contribution in [1.29, 1.82) is 0 Å². The zero-order chi connectivity index (χ0) is 7.78. The Labute approximate surface area is 61.5 Å². The van der Waals surface area contributed by atoms with Crippen LogP contribution in [0.15, 0.2) is 10.4 Å². The fourth-order valence-corrected chi connectivity index (χ4v) is 0.713. The van der Waals surface area contributed by atoms with Crippen LogP contribution in [0.2, 0.25) is 0 Å². The molecule has 4 nitrogen and oxygen atoms in total. The van der Waals surface area contributed by atoms with Gasteiger partial charge in [-0.25, -0.2) is 0 Å². The summed E-state index contributed by atoms with van der Waals surface area (Å²) < 4.78 is 0. The highest BCUT2D eigenvalue weighted by molar-refractivity contribution is 4.72. The molecule has 0 N–H and O–H groups in total. The summed E-state index contributed by atoms with van der Waals surface area (Å²) in [6, 6.07) is 0. The van der Waals surface area contributed by atoms with E-state index in [9.17, 15) is 0 Å². The van der Waals surface area contributed by atoms with Gasteiger partial charge in [0, 0.05) is 7.05 Å². The minimum Gasteiger partial charge on any atom is -0.259 e. The maximum Gasteiger partial charge on any atom is 0.127 e. The molecule has 0 aromatic carbocycles. The van der Waals surface area contributed by atoms with Crippen LogP contribution in [0, 0.1) is 0 Å². The first kappa shape index (κ1) is 7.31. The Morgan fingerprint density at radius 3 is 2.00 bits per heavy atom. The molecule has 0 radical (unpaired) electrons. The molecule has 0 bridgehead atoms. The normalized spacial score (nSPS) is 18.8. The second-order valence-corrected chi connectivity index (χ2v) is 3.55. The molecule has 0 saturated carbocycles. The molecule has 10 heavy (non-hydrogen) atoms. The standard InChI is InChI=1S/C6H14N4/c1-6(2,3)10-5-9(4)7-8-10/h5H2,1-4H3. The average Bonchev–Trinajstić information content (AvgIpc) is 2.11. The van der Waals surface area contributed by atoms with Crippen molar-refractivity contribution in [2.45, 2.75) is 26.3 Å². The molecule has 0 fully saturated rings. The fraction of sp³-hybridized carbons (Fsp3) is 1.00. The molecular formula is C6H14N4. The molecule has 58 valence electrons. The van der Waals surface area contributed by atoms with Crippen LogP contribution in [-0.2, 0) is 0 Å². The van der Waals surface area contributed by atoms with E-state index >= 15 is 0 Å². The van der Waals surface area contributed by atoms with E-state index in [1.165, 1.54) is 0 Å². The van der Waals surface area contributed by atoms with Gasteiger partial charge in [-0.15, -0.1) is 0 Å². The van der Waals surface area contributed by atoms with Gasteiger partial charge in [0.05, 0.1) is 5.54 Å². The predicted molar refractivity (Wildman–Crippen MR) is 39.1 cm³/mol. The van der Waals surface area contributed by atoms with E-state index in [0.29, 0.717) is 0 Å². The molecule has 1 rings (SSSR count). The van der Waals surface area contributed by atoms with Crippen LogP contribution in [-0.4, -0.2) is 29.3 Å². The molecule has 1 heterocycles. The molecule has 4 heteroatoms. The van der Waals surface area contributed by atoms with E-state index in [1.807, 2.05) is 17.1 Å². The Hall–Kier alpha value is -0.800. The van der Waals surface area contributed by atoms with Gasteiger partial charge >= 0.3 is 0 Å². The Morgan fingerprint density at radius 1 is 1.20 bits per heavy atom. The van der Waals surface area contributed by atoms with Crippen molar-refractivity contribution in [2.24, 2.45) is 10.4 Å². The van der Waals surface area contributed by atoms with Crippen LogP contribution in [0.5, 0.6) is 0 Å².